The van der Waals surface area contributed by atoms with E-state index >= 15 is 0 Å². The van der Waals surface area contributed by atoms with Crippen LogP contribution in [0, 0.1) is 10.1 Å². The number of rotatable bonds is 7. The van der Waals surface area contributed by atoms with Crippen molar-refractivity contribution in [1.29, 1.82) is 0 Å². The van der Waals surface area contributed by atoms with Gasteiger partial charge in [-0.15, -0.1) is 0 Å². The first-order chi connectivity index (χ1) is 12.1. The van der Waals surface area contributed by atoms with Crippen LogP contribution in [0.2, 0.25) is 0 Å². The molecular weight excluding hydrogens is 326 g/mol. The van der Waals surface area contributed by atoms with Gasteiger partial charge >= 0.3 is 0 Å². The minimum atomic E-state index is -0.506. The molecule has 0 N–H and O–H groups in total. The van der Waals surface area contributed by atoms with Crippen LogP contribution >= 0.6 is 0 Å². The molecule has 0 fully saturated rings. The Morgan fingerprint density at radius 2 is 1.60 bits per heavy atom. The van der Waals surface area contributed by atoms with Gasteiger partial charge in [0, 0.05) is 17.7 Å². The van der Waals surface area contributed by atoms with E-state index in [1.807, 2.05) is 0 Å². The summed E-state index contributed by atoms with van der Waals surface area (Å²) in [5.74, 6) is 0. The second-order valence-corrected chi connectivity index (χ2v) is 4.75. The average molecular weight is 337 g/mol. The zero-order valence-corrected chi connectivity index (χ0v) is 12.8. The molecule has 124 valence electrons. The Morgan fingerprint density at radius 1 is 0.920 bits per heavy atom. The number of non-ortho nitro benzene ring substituents is 1. The van der Waals surface area contributed by atoms with Gasteiger partial charge in [0.2, 0.25) is 12.2 Å². The van der Waals surface area contributed by atoms with E-state index in [2.05, 4.69) is 20.2 Å². The van der Waals surface area contributed by atoms with Crippen LogP contribution in [0.25, 0.3) is 0 Å². The van der Waals surface area contributed by atoms with Crippen molar-refractivity contribution in [2.75, 3.05) is 0 Å². The van der Waals surface area contributed by atoms with E-state index in [0.717, 1.165) is 0 Å². The highest BCUT2D eigenvalue weighted by Crippen LogP contribution is 2.26. The first kappa shape index (κ1) is 17.6. The molecule has 9 nitrogen and oxygen atoms in total. The zero-order valence-electron chi connectivity index (χ0n) is 12.8. The number of nitro groups is 1. The fraction of sp³-hybridized carbons (Fsp3) is 0.125. The van der Waals surface area contributed by atoms with E-state index in [9.17, 15) is 19.7 Å². The third-order valence-corrected chi connectivity index (χ3v) is 3.12. The molecule has 0 radical (unpaired) electrons. The number of nitro benzene ring substituents is 1. The molecule has 0 heterocycles. The van der Waals surface area contributed by atoms with Crippen LogP contribution in [-0.4, -0.2) is 17.1 Å². The number of benzene rings is 2. The number of isocyanates is 2. The topological polar surface area (TPSA) is 127 Å². The maximum absolute atomic E-state index is 10.6. The molecule has 0 unspecified atom stereocenters. The molecule has 2 aromatic rings. The van der Waals surface area contributed by atoms with Crippen molar-refractivity contribution in [3.8, 4) is 0 Å². The van der Waals surface area contributed by atoms with Crippen molar-refractivity contribution in [1.82, 2.24) is 0 Å². The van der Waals surface area contributed by atoms with Crippen molar-refractivity contribution < 1.29 is 14.5 Å². The van der Waals surface area contributed by atoms with Gasteiger partial charge in [-0.25, -0.2) is 19.6 Å². The van der Waals surface area contributed by atoms with Crippen LogP contribution in [0.3, 0.4) is 0 Å². The standard InChI is InChI=1S/C16H11N5O4/c22-10-17-8-12-1-2-13(9-18-11-23)16(7-12)20-19-14-3-5-15(6-4-14)21(24)25/h1-7H,8-9H2. The number of nitrogens with zero attached hydrogens (tertiary/aromatic N) is 5. The third-order valence-electron chi connectivity index (χ3n) is 3.12. The second kappa shape index (κ2) is 8.73. The van der Waals surface area contributed by atoms with E-state index < -0.39 is 4.92 Å². The van der Waals surface area contributed by atoms with Gasteiger partial charge in [0.05, 0.1) is 29.4 Å². The molecule has 25 heavy (non-hydrogen) atoms. The first-order valence-corrected chi connectivity index (χ1v) is 6.99. The predicted molar refractivity (Wildman–Crippen MR) is 87.4 cm³/mol. The van der Waals surface area contributed by atoms with Gasteiger partial charge in [0.15, 0.2) is 0 Å². The maximum Gasteiger partial charge on any atom is 0.269 e. The highest BCUT2D eigenvalue weighted by atomic mass is 16.6. The summed E-state index contributed by atoms with van der Waals surface area (Å²) < 4.78 is 0. The van der Waals surface area contributed by atoms with Crippen molar-refractivity contribution in [2.45, 2.75) is 13.1 Å². The van der Waals surface area contributed by atoms with Crippen LogP contribution in [0.1, 0.15) is 11.1 Å². The molecule has 0 aliphatic heterocycles. The molecule has 0 aliphatic carbocycles. The molecule has 0 bridgehead atoms. The molecule has 2 aromatic carbocycles. The lowest BCUT2D eigenvalue weighted by molar-refractivity contribution is -0.384. The Labute approximate surface area is 141 Å². The lowest BCUT2D eigenvalue weighted by Gasteiger charge is -2.04. The summed E-state index contributed by atoms with van der Waals surface area (Å²) in [5.41, 5.74) is 2.16. The van der Waals surface area contributed by atoms with Gasteiger partial charge in [-0.1, -0.05) is 12.1 Å². The molecule has 0 saturated heterocycles. The number of carbonyl (C=O) groups excluding carboxylic acids is 2. The SMILES string of the molecule is O=C=NCc1ccc(CN=C=O)c(N=Nc2ccc([N+](=O)[O-])cc2)c1. The van der Waals surface area contributed by atoms with E-state index in [1.165, 1.54) is 36.4 Å². The van der Waals surface area contributed by atoms with Crippen molar-refractivity contribution in [3.63, 3.8) is 0 Å². The van der Waals surface area contributed by atoms with Gasteiger partial charge in [0.25, 0.3) is 5.69 Å². The highest BCUT2D eigenvalue weighted by Gasteiger charge is 2.05. The fourth-order valence-electron chi connectivity index (χ4n) is 1.93. The summed E-state index contributed by atoms with van der Waals surface area (Å²) in [7, 11) is 0. The summed E-state index contributed by atoms with van der Waals surface area (Å²) in [6.07, 6.45) is 2.90. The molecular formula is C16H11N5O4. The van der Waals surface area contributed by atoms with Crippen LogP contribution in [0.4, 0.5) is 17.1 Å². The Morgan fingerprint density at radius 3 is 2.24 bits per heavy atom. The zero-order chi connectivity index (χ0) is 18.1. The summed E-state index contributed by atoms with van der Waals surface area (Å²) in [5, 5.41) is 18.8. The minimum absolute atomic E-state index is 0.0475. The van der Waals surface area contributed by atoms with Gasteiger partial charge in [0.1, 0.15) is 0 Å². The van der Waals surface area contributed by atoms with Gasteiger partial charge in [-0.3, -0.25) is 10.1 Å². The molecule has 0 spiro atoms. The Balaban J connectivity index is 2.31. The normalized spacial score (nSPS) is 10.1. The highest BCUT2D eigenvalue weighted by molar-refractivity contribution is 5.51. The van der Waals surface area contributed by atoms with E-state index in [4.69, 9.17) is 0 Å². The quantitative estimate of drug-likeness (QED) is 0.251. The Kier molecular flexibility index (Phi) is 6.13. The third kappa shape index (κ3) is 5.11. The van der Waals surface area contributed by atoms with Crippen molar-refractivity contribution >= 4 is 29.2 Å². The van der Waals surface area contributed by atoms with Gasteiger partial charge < -0.3 is 0 Å². The summed E-state index contributed by atoms with van der Waals surface area (Å²) >= 11 is 0. The lowest BCUT2D eigenvalue weighted by Crippen LogP contribution is -1.87. The molecule has 0 aliphatic rings. The number of hydrogen-bond acceptors (Lipinski definition) is 8. The average Bonchev–Trinajstić information content (AvgIpc) is 2.64. The number of hydrogen-bond donors (Lipinski definition) is 0. The molecule has 0 aromatic heterocycles. The molecule has 0 amide bonds. The van der Waals surface area contributed by atoms with Gasteiger partial charge in [-0.05, 0) is 23.8 Å². The predicted octanol–water partition coefficient (Wildman–Crippen LogP) is 3.68. The molecule has 0 saturated carbocycles. The summed E-state index contributed by atoms with van der Waals surface area (Å²) in [6.45, 7) is 0.218. The second-order valence-electron chi connectivity index (χ2n) is 4.75. The van der Waals surface area contributed by atoms with Crippen LogP contribution < -0.4 is 0 Å². The number of azo groups is 1. The smallest absolute Gasteiger partial charge is 0.258 e. The minimum Gasteiger partial charge on any atom is -0.258 e. The molecule has 2 rings (SSSR count). The largest absolute Gasteiger partial charge is 0.269 e. The maximum atomic E-state index is 10.6. The Bertz CT molecular complexity index is 895. The molecule has 0 atom stereocenters. The van der Waals surface area contributed by atoms with Crippen molar-refractivity contribution in [2.24, 2.45) is 20.2 Å². The monoisotopic (exact) mass is 337 g/mol. The van der Waals surface area contributed by atoms with Crippen LogP contribution in [0.5, 0.6) is 0 Å². The van der Waals surface area contributed by atoms with E-state index in [1.54, 1.807) is 18.2 Å². The van der Waals surface area contributed by atoms with E-state index in [-0.39, 0.29) is 18.8 Å². The summed E-state index contributed by atoms with van der Waals surface area (Å²) in [4.78, 5) is 37.7. The van der Waals surface area contributed by atoms with Crippen LogP contribution in [0.15, 0.2) is 62.7 Å². The van der Waals surface area contributed by atoms with E-state index in [0.29, 0.717) is 22.5 Å². The number of aliphatic imine (C=N–C) groups is 2. The van der Waals surface area contributed by atoms with Gasteiger partial charge in [-0.2, -0.15) is 10.2 Å². The Hall–Kier alpha value is -3.80. The first-order valence-electron chi connectivity index (χ1n) is 6.99. The summed E-state index contributed by atoms with van der Waals surface area (Å²) in [6, 6.07) is 10.6. The van der Waals surface area contributed by atoms with Crippen LogP contribution in [-0.2, 0) is 22.7 Å². The lowest BCUT2D eigenvalue weighted by atomic mass is 10.1. The fourth-order valence-corrected chi connectivity index (χ4v) is 1.93. The van der Waals surface area contributed by atoms with Crippen molar-refractivity contribution in [3.05, 3.63) is 63.7 Å². The molecule has 9 heteroatoms.